The van der Waals surface area contributed by atoms with Gasteiger partial charge in [-0.2, -0.15) is 9.44 Å². The van der Waals surface area contributed by atoms with Gasteiger partial charge in [-0.3, -0.25) is 14.8 Å². The van der Waals surface area contributed by atoms with E-state index in [1.165, 1.54) is 48.5 Å². The van der Waals surface area contributed by atoms with Crippen LogP contribution in [-0.4, -0.2) is 50.1 Å². The van der Waals surface area contributed by atoms with E-state index in [-0.39, 0.29) is 46.7 Å². The summed E-state index contributed by atoms with van der Waals surface area (Å²) in [6.45, 7) is 0.369. The number of hydrogen-bond acceptors (Lipinski definition) is 9. The molecule has 6 unspecified atom stereocenters. The summed E-state index contributed by atoms with van der Waals surface area (Å²) in [7, 11) is -8.13. The lowest BCUT2D eigenvalue weighted by atomic mass is 9.98. The summed E-state index contributed by atoms with van der Waals surface area (Å²) in [6, 6.07) is 37.0. The van der Waals surface area contributed by atoms with Crippen LogP contribution in [0.5, 0.6) is 11.5 Å². The molecule has 0 radical (unpaired) electrons. The molecule has 2 fully saturated rings. The van der Waals surface area contributed by atoms with Gasteiger partial charge in [0.1, 0.15) is 35.8 Å². The Labute approximate surface area is 406 Å². The van der Waals surface area contributed by atoms with Crippen molar-refractivity contribution in [2.75, 3.05) is 0 Å². The number of carbonyl (C=O) groups excluding carboxylic acids is 1. The minimum Gasteiger partial charge on any atom is -0.489 e. The van der Waals surface area contributed by atoms with E-state index < -0.39 is 43.0 Å². The van der Waals surface area contributed by atoms with Crippen LogP contribution in [0.1, 0.15) is 45.2 Å². The molecule has 13 nitrogen and oxygen atoms in total. The van der Waals surface area contributed by atoms with Crippen LogP contribution in [0.4, 0.5) is 0 Å². The van der Waals surface area contributed by atoms with Gasteiger partial charge in [-0.05, 0) is 108 Å². The number of rotatable bonds is 14. The number of carboxylic acids is 1. The van der Waals surface area contributed by atoms with Crippen molar-refractivity contribution in [3.8, 4) is 11.5 Å². The maximum absolute atomic E-state index is 13.2. The van der Waals surface area contributed by atoms with E-state index in [0.717, 1.165) is 33.4 Å². The number of nitrogens with one attached hydrogen (secondary N) is 3. The van der Waals surface area contributed by atoms with E-state index in [2.05, 4.69) is 9.44 Å². The maximum Gasteiger partial charge on any atom is 0.325 e. The molecule has 0 heterocycles. The SMILES string of the molecule is O=C(NO)C1(NS(=O)(=O)c2ccc(OCc3ccc(Cl)cc3Cl)cc2)C2Cc3ccccc3C21.O=C(O)C1(NS(=O)(=O)c2ccc(OCc3ccc(Cl)cc3Cl)cc2)C2Cc3ccccc3C21. The Morgan fingerprint density at radius 1 is 0.582 bits per heavy atom. The molecule has 6 aromatic rings. The quantitative estimate of drug-likeness (QED) is 0.0520. The topological polar surface area (TPSA) is 197 Å². The molecule has 19 heteroatoms. The molecule has 67 heavy (non-hydrogen) atoms. The number of carbonyl (C=O) groups is 2. The first-order valence-corrected chi connectivity index (χ1v) is 25.2. The van der Waals surface area contributed by atoms with Crippen molar-refractivity contribution < 1.29 is 46.2 Å². The van der Waals surface area contributed by atoms with Crippen LogP contribution in [0.25, 0.3) is 0 Å². The molecule has 0 saturated heterocycles. The van der Waals surface area contributed by atoms with E-state index in [1.54, 1.807) is 41.9 Å². The second kappa shape index (κ2) is 18.0. The molecule has 0 bridgehead atoms. The molecule has 0 spiro atoms. The lowest BCUT2D eigenvalue weighted by Crippen LogP contribution is -2.51. The summed E-state index contributed by atoms with van der Waals surface area (Å²) >= 11 is 24.1. The molecule has 6 atom stereocenters. The molecule has 1 amide bonds. The first-order chi connectivity index (χ1) is 32.0. The van der Waals surface area contributed by atoms with Crippen molar-refractivity contribution in [2.45, 2.75) is 58.8 Å². The van der Waals surface area contributed by atoms with Gasteiger partial charge < -0.3 is 14.6 Å². The third-order valence-corrected chi connectivity index (χ3v) is 17.1. The number of ether oxygens (including phenoxy) is 2. The highest BCUT2D eigenvalue weighted by Gasteiger charge is 2.75. The molecule has 4 aliphatic carbocycles. The smallest absolute Gasteiger partial charge is 0.325 e. The standard InChI is InChI=1S/C24H20Cl2N2O5S.C24H19Cl2NO5S/c25-16-6-5-15(21(26)12-16)13-33-17-7-9-18(10-8-17)34(31,32)28-24(23(29)27-30)20-11-14-3-1-2-4-19(14)22(20)24;25-16-6-5-15(21(26)12-16)13-32-17-7-9-18(10-8-17)33(30,31)27-24(23(28)29)20-11-14-3-1-2-4-19(14)22(20)24/h1-10,12,20,22,28,30H,11,13H2,(H,27,29);1-10,12,20,22,27H,11,13H2,(H,28,29). The summed E-state index contributed by atoms with van der Waals surface area (Å²) in [5.41, 5.74) is 4.15. The van der Waals surface area contributed by atoms with E-state index >= 15 is 0 Å². The van der Waals surface area contributed by atoms with E-state index in [9.17, 15) is 36.7 Å². The number of carboxylic acid groups (broad SMARTS) is 1. The second-order valence-electron chi connectivity index (χ2n) is 16.7. The van der Waals surface area contributed by atoms with Gasteiger partial charge in [-0.15, -0.1) is 0 Å². The Kier molecular flexibility index (Phi) is 12.6. The first kappa shape index (κ1) is 46.9. The summed E-state index contributed by atoms with van der Waals surface area (Å²) in [6.07, 6.45) is 1.09. The van der Waals surface area contributed by atoms with Crippen molar-refractivity contribution in [1.82, 2.24) is 14.9 Å². The Bertz CT molecular complexity index is 3160. The lowest BCUT2D eigenvalue weighted by Gasteiger charge is -2.21. The van der Waals surface area contributed by atoms with Crippen molar-refractivity contribution in [2.24, 2.45) is 11.8 Å². The zero-order valence-electron chi connectivity index (χ0n) is 34.8. The Hall–Kier alpha value is -5.20. The molecule has 0 aliphatic heterocycles. The Morgan fingerprint density at radius 3 is 1.40 bits per heavy atom. The van der Waals surface area contributed by atoms with Crippen LogP contribution >= 0.6 is 46.4 Å². The number of amides is 1. The molecule has 2 saturated carbocycles. The fraction of sp³-hybridized carbons (Fsp3) is 0.208. The van der Waals surface area contributed by atoms with Crippen molar-refractivity contribution in [3.05, 3.63) is 187 Å². The predicted octanol–water partition coefficient (Wildman–Crippen LogP) is 8.71. The fourth-order valence-corrected chi connectivity index (χ4v) is 13.4. The fourth-order valence-electron chi connectivity index (χ4n) is 9.58. The minimum atomic E-state index is -4.06. The van der Waals surface area contributed by atoms with Crippen LogP contribution in [0, 0.1) is 11.8 Å². The third kappa shape index (κ3) is 8.77. The predicted molar refractivity (Wildman–Crippen MR) is 251 cm³/mol. The largest absolute Gasteiger partial charge is 0.489 e. The third-order valence-electron chi connectivity index (χ3n) is 12.9. The van der Waals surface area contributed by atoms with Crippen LogP contribution < -0.4 is 24.4 Å². The number of aliphatic carboxylic acids is 1. The highest BCUT2D eigenvalue weighted by molar-refractivity contribution is 7.90. The number of hydrogen-bond donors (Lipinski definition) is 5. The van der Waals surface area contributed by atoms with Crippen molar-refractivity contribution in [1.29, 1.82) is 0 Å². The van der Waals surface area contributed by atoms with Crippen molar-refractivity contribution >= 4 is 78.3 Å². The molecular weight excluding hydrogens is 984 g/mol. The lowest BCUT2D eigenvalue weighted by molar-refractivity contribution is -0.140. The zero-order chi connectivity index (χ0) is 47.5. The molecule has 0 aromatic heterocycles. The highest BCUT2D eigenvalue weighted by atomic mass is 35.5. The zero-order valence-corrected chi connectivity index (χ0v) is 39.5. The molecule has 6 aromatic carbocycles. The van der Waals surface area contributed by atoms with Crippen LogP contribution in [0.15, 0.2) is 143 Å². The van der Waals surface area contributed by atoms with Crippen LogP contribution in [-0.2, 0) is 55.7 Å². The van der Waals surface area contributed by atoms with Gasteiger partial charge in [0, 0.05) is 54.9 Å². The monoisotopic (exact) mass is 1020 g/mol. The normalized spacial score (nSPS) is 22.8. The average Bonchev–Trinajstić information content (AvgIpc) is 3.93. The van der Waals surface area contributed by atoms with Gasteiger partial charge in [0.2, 0.25) is 20.0 Å². The summed E-state index contributed by atoms with van der Waals surface area (Å²) in [5, 5.41) is 21.3. The minimum absolute atomic E-state index is 0.0206. The maximum atomic E-state index is 13.2. The Morgan fingerprint density at radius 2 is 0.985 bits per heavy atom. The van der Waals surface area contributed by atoms with Gasteiger partial charge >= 0.3 is 5.97 Å². The number of fused-ring (bicyclic) bond motifs is 6. The van der Waals surface area contributed by atoms with Crippen molar-refractivity contribution in [3.63, 3.8) is 0 Å². The molecule has 5 N–H and O–H groups in total. The number of hydroxylamine groups is 1. The van der Waals surface area contributed by atoms with E-state index in [1.807, 2.05) is 48.5 Å². The molecule has 346 valence electrons. The van der Waals surface area contributed by atoms with Gasteiger partial charge in [0.05, 0.1) is 9.79 Å². The average molecular weight is 1020 g/mol. The molecule has 4 aliphatic rings. The van der Waals surface area contributed by atoms with Gasteiger partial charge in [0.15, 0.2) is 0 Å². The highest BCUT2D eigenvalue weighted by Crippen LogP contribution is 2.65. The number of sulfonamides is 2. The summed E-state index contributed by atoms with van der Waals surface area (Å²) in [5.74, 6) is -2.29. The number of benzene rings is 6. The molecule has 10 rings (SSSR count). The second-order valence-corrected chi connectivity index (χ2v) is 21.7. The number of halogens is 4. The van der Waals surface area contributed by atoms with Gasteiger partial charge in [0.25, 0.3) is 5.91 Å². The molecular formula is C48H39Cl4N3O10S2. The van der Waals surface area contributed by atoms with E-state index in [4.69, 9.17) is 55.9 Å². The van der Waals surface area contributed by atoms with Gasteiger partial charge in [-0.25, -0.2) is 22.3 Å². The summed E-state index contributed by atoms with van der Waals surface area (Å²) < 4.78 is 68.9. The van der Waals surface area contributed by atoms with Gasteiger partial charge in [-0.1, -0.05) is 107 Å². The summed E-state index contributed by atoms with van der Waals surface area (Å²) in [4.78, 5) is 24.7. The van der Waals surface area contributed by atoms with Crippen LogP contribution in [0.3, 0.4) is 0 Å². The Balaban J connectivity index is 0.000000168. The van der Waals surface area contributed by atoms with Crippen LogP contribution in [0.2, 0.25) is 20.1 Å². The van der Waals surface area contributed by atoms with E-state index in [0.29, 0.717) is 44.4 Å². The first-order valence-electron chi connectivity index (χ1n) is 20.7.